The molecule has 4 nitrogen and oxygen atoms in total. The maximum Gasteiger partial charge on any atom is 0.256 e. The first-order chi connectivity index (χ1) is 8.49. The fourth-order valence-corrected chi connectivity index (χ4v) is 1.84. The average molecular weight is 271 g/mol. The number of carbonyl (C=O) groups excluding carboxylic acids is 1. The molecule has 1 aromatic rings. The molecule has 0 aliphatic heterocycles. The largest absolute Gasteiger partial charge is 0.397 e. The van der Waals surface area contributed by atoms with E-state index < -0.39 is 0 Å². The molecule has 100 valence electrons. The zero-order valence-corrected chi connectivity index (χ0v) is 11.7. The zero-order chi connectivity index (χ0) is 13.7. The lowest BCUT2D eigenvalue weighted by Crippen LogP contribution is -2.39. The molecule has 0 aromatic heterocycles. The van der Waals surface area contributed by atoms with E-state index >= 15 is 0 Å². The lowest BCUT2D eigenvalue weighted by Gasteiger charge is -2.27. The fourth-order valence-electron chi connectivity index (χ4n) is 1.66. The van der Waals surface area contributed by atoms with E-state index in [4.69, 9.17) is 22.1 Å². The second-order valence-corrected chi connectivity index (χ2v) is 4.69. The summed E-state index contributed by atoms with van der Waals surface area (Å²) in [5, 5.41) is 0.399. The van der Waals surface area contributed by atoms with E-state index in [0.29, 0.717) is 29.4 Å². The van der Waals surface area contributed by atoms with Crippen molar-refractivity contribution in [2.24, 2.45) is 0 Å². The van der Waals surface area contributed by atoms with Crippen molar-refractivity contribution in [3.05, 3.63) is 28.8 Å². The van der Waals surface area contributed by atoms with Crippen molar-refractivity contribution in [1.29, 1.82) is 0 Å². The first-order valence-corrected chi connectivity index (χ1v) is 6.20. The zero-order valence-electron chi connectivity index (χ0n) is 10.9. The molecule has 0 fully saturated rings. The summed E-state index contributed by atoms with van der Waals surface area (Å²) < 4.78 is 5.01. The summed E-state index contributed by atoms with van der Waals surface area (Å²) in [6.45, 7) is 4.92. The third kappa shape index (κ3) is 3.37. The molecule has 0 heterocycles. The van der Waals surface area contributed by atoms with Gasteiger partial charge in [-0.05, 0) is 26.0 Å². The van der Waals surface area contributed by atoms with E-state index in [1.165, 1.54) is 0 Å². The van der Waals surface area contributed by atoms with Crippen LogP contribution in [0.25, 0.3) is 0 Å². The molecule has 0 aliphatic rings. The lowest BCUT2D eigenvalue weighted by molar-refractivity contribution is 0.0636. The number of para-hydroxylation sites is 1. The van der Waals surface area contributed by atoms with Crippen molar-refractivity contribution in [1.82, 2.24) is 4.90 Å². The standard InChI is InChI=1S/C13H19ClN2O2/c1-9(2)16(7-8-18-3)13(17)10-5-4-6-11(14)12(10)15/h4-6,9H,7-8,15H2,1-3H3. The molecule has 1 amide bonds. The number of benzene rings is 1. The van der Waals surface area contributed by atoms with Crippen LogP contribution in [-0.2, 0) is 4.74 Å². The number of methoxy groups -OCH3 is 1. The monoisotopic (exact) mass is 270 g/mol. The van der Waals surface area contributed by atoms with Gasteiger partial charge >= 0.3 is 0 Å². The Morgan fingerprint density at radius 3 is 2.72 bits per heavy atom. The Bertz CT molecular complexity index is 421. The normalized spacial score (nSPS) is 10.7. The number of ether oxygens (including phenoxy) is 1. The molecule has 0 spiro atoms. The molecule has 18 heavy (non-hydrogen) atoms. The number of nitrogens with zero attached hydrogens (tertiary/aromatic N) is 1. The molecule has 2 N–H and O–H groups in total. The van der Waals surface area contributed by atoms with Crippen molar-refractivity contribution in [2.75, 3.05) is 26.0 Å². The van der Waals surface area contributed by atoms with Crippen LogP contribution in [-0.4, -0.2) is 37.1 Å². The maximum absolute atomic E-state index is 12.4. The average Bonchev–Trinajstić information content (AvgIpc) is 2.32. The van der Waals surface area contributed by atoms with Crippen LogP contribution in [0.4, 0.5) is 5.69 Å². The van der Waals surface area contributed by atoms with Gasteiger partial charge in [0.05, 0.1) is 22.9 Å². The van der Waals surface area contributed by atoms with E-state index in [1.807, 2.05) is 13.8 Å². The Balaban J connectivity index is 2.98. The van der Waals surface area contributed by atoms with Gasteiger partial charge in [-0.15, -0.1) is 0 Å². The molecule has 0 unspecified atom stereocenters. The van der Waals surface area contributed by atoms with Crippen molar-refractivity contribution < 1.29 is 9.53 Å². The highest BCUT2D eigenvalue weighted by Gasteiger charge is 2.21. The molecule has 0 saturated carbocycles. The smallest absolute Gasteiger partial charge is 0.256 e. The first kappa shape index (κ1) is 14.8. The van der Waals surface area contributed by atoms with Crippen LogP contribution in [0.15, 0.2) is 18.2 Å². The number of halogens is 1. The molecule has 0 atom stereocenters. The number of carbonyl (C=O) groups is 1. The summed E-state index contributed by atoms with van der Waals surface area (Å²) in [6.07, 6.45) is 0. The first-order valence-electron chi connectivity index (χ1n) is 5.83. The Morgan fingerprint density at radius 1 is 1.50 bits per heavy atom. The van der Waals surface area contributed by atoms with Gasteiger partial charge in [-0.3, -0.25) is 4.79 Å². The van der Waals surface area contributed by atoms with Crippen LogP contribution < -0.4 is 5.73 Å². The summed E-state index contributed by atoms with van der Waals surface area (Å²) >= 11 is 5.93. The molecule has 0 saturated heterocycles. The van der Waals surface area contributed by atoms with E-state index in [1.54, 1.807) is 30.2 Å². The highest BCUT2D eigenvalue weighted by atomic mass is 35.5. The number of nitrogen functional groups attached to an aromatic ring is 1. The molecule has 1 aromatic carbocycles. The SMILES string of the molecule is COCCN(C(=O)c1cccc(Cl)c1N)C(C)C. The minimum atomic E-state index is -0.123. The second-order valence-electron chi connectivity index (χ2n) is 4.29. The van der Waals surface area contributed by atoms with Gasteiger partial charge in [-0.2, -0.15) is 0 Å². The number of nitrogens with two attached hydrogens (primary N) is 1. The third-order valence-corrected chi connectivity index (χ3v) is 3.03. The van der Waals surface area contributed by atoms with Crippen LogP contribution in [0.2, 0.25) is 5.02 Å². The van der Waals surface area contributed by atoms with Crippen LogP contribution >= 0.6 is 11.6 Å². The molecule has 5 heteroatoms. The predicted molar refractivity (Wildman–Crippen MR) is 73.9 cm³/mol. The molecule has 1 rings (SSSR count). The number of rotatable bonds is 5. The van der Waals surface area contributed by atoms with Gasteiger partial charge in [0.25, 0.3) is 5.91 Å². The summed E-state index contributed by atoms with van der Waals surface area (Å²) in [5.74, 6) is -0.123. The van der Waals surface area contributed by atoms with E-state index in [2.05, 4.69) is 0 Å². The van der Waals surface area contributed by atoms with Gasteiger partial charge in [0.1, 0.15) is 0 Å². The minimum absolute atomic E-state index is 0.0750. The van der Waals surface area contributed by atoms with Crippen molar-refractivity contribution >= 4 is 23.2 Å². The van der Waals surface area contributed by atoms with Crippen molar-refractivity contribution in [3.8, 4) is 0 Å². The van der Waals surface area contributed by atoms with E-state index in [9.17, 15) is 4.79 Å². The van der Waals surface area contributed by atoms with Crippen LogP contribution in [0.1, 0.15) is 24.2 Å². The summed E-state index contributed by atoms with van der Waals surface area (Å²) in [4.78, 5) is 14.1. The van der Waals surface area contributed by atoms with Gasteiger partial charge in [0, 0.05) is 19.7 Å². The van der Waals surface area contributed by atoms with Crippen molar-refractivity contribution in [2.45, 2.75) is 19.9 Å². The Hall–Kier alpha value is -1.26. The molecule has 0 aliphatic carbocycles. The molecule has 0 radical (unpaired) electrons. The van der Waals surface area contributed by atoms with E-state index in [0.717, 1.165) is 0 Å². The molecular formula is C13H19ClN2O2. The Kier molecular flexibility index (Phi) is 5.44. The summed E-state index contributed by atoms with van der Waals surface area (Å²) in [7, 11) is 1.61. The summed E-state index contributed by atoms with van der Waals surface area (Å²) in [6, 6.07) is 5.15. The number of anilines is 1. The Labute approximate surface area is 113 Å². The van der Waals surface area contributed by atoms with Gasteiger partial charge < -0.3 is 15.4 Å². The number of hydrogen-bond acceptors (Lipinski definition) is 3. The quantitative estimate of drug-likeness (QED) is 0.836. The fraction of sp³-hybridized carbons (Fsp3) is 0.462. The minimum Gasteiger partial charge on any atom is -0.397 e. The number of hydrogen-bond donors (Lipinski definition) is 1. The van der Waals surface area contributed by atoms with Crippen LogP contribution in [0, 0.1) is 0 Å². The highest BCUT2D eigenvalue weighted by Crippen LogP contribution is 2.24. The van der Waals surface area contributed by atoms with E-state index in [-0.39, 0.29) is 11.9 Å². The topological polar surface area (TPSA) is 55.6 Å². The van der Waals surface area contributed by atoms with Crippen LogP contribution in [0.5, 0.6) is 0 Å². The second kappa shape index (κ2) is 6.61. The third-order valence-electron chi connectivity index (χ3n) is 2.70. The molecular weight excluding hydrogens is 252 g/mol. The van der Waals surface area contributed by atoms with Crippen LogP contribution in [0.3, 0.4) is 0 Å². The lowest BCUT2D eigenvalue weighted by atomic mass is 10.1. The predicted octanol–water partition coefficient (Wildman–Crippen LogP) is 2.42. The van der Waals surface area contributed by atoms with Crippen molar-refractivity contribution in [3.63, 3.8) is 0 Å². The maximum atomic E-state index is 12.4. The number of amides is 1. The van der Waals surface area contributed by atoms with Gasteiger partial charge in [0.15, 0.2) is 0 Å². The van der Waals surface area contributed by atoms with Gasteiger partial charge in [-0.25, -0.2) is 0 Å². The Morgan fingerprint density at radius 2 is 2.17 bits per heavy atom. The highest BCUT2D eigenvalue weighted by molar-refractivity contribution is 6.33. The van der Waals surface area contributed by atoms with Gasteiger partial charge in [-0.1, -0.05) is 17.7 Å². The van der Waals surface area contributed by atoms with Gasteiger partial charge in [0.2, 0.25) is 0 Å². The molecule has 0 bridgehead atoms. The summed E-state index contributed by atoms with van der Waals surface area (Å²) in [5.41, 5.74) is 6.60.